The molecule has 0 bridgehead atoms. The first-order valence-corrected chi connectivity index (χ1v) is 7.29. The van der Waals surface area contributed by atoms with Crippen molar-refractivity contribution in [1.82, 2.24) is 0 Å². The monoisotopic (exact) mass is 313 g/mol. The Bertz CT molecular complexity index is 707. The van der Waals surface area contributed by atoms with Crippen LogP contribution in [0.2, 0.25) is 0 Å². The number of rotatable bonds is 6. The summed E-state index contributed by atoms with van der Waals surface area (Å²) in [5.74, 6) is -0.529. The van der Waals surface area contributed by atoms with E-state index < -0.39 is 5.97 Å². The minimum Gasteiger partial charge on any atom is -0.493 e. The molecule has 0 aliphatic carbocycles. The number of ether oxygens (including phenoxy) is 1. The van der Waals surface area contributed by atoms with Gasteiger partial charge in [0.05, 0.1) is 18.6 Å². The second-order valence-corrected chi connectivity index (χ2v) is 5.29. The Labute approximate surface area is 134 Å². The molecule has 0 fully saturated rings. The highest BCUT2D eigenvalue weighted by atomic mass is 16.5. The molecule has 2 aromatic carbocycles. The molecular formula is C18H19NO4. The van der Waals surface area contributed by atoms with Crippen molar-refractivity contribution in [2.45, 2.75) is 20.3 Å². The third-order valence-corrected chi connectivity index (χ3v) is 3.38. The van der Waals surface area contributed by atoms with E-state index in [1.807, 2.05) is 38.1 Å². The predicted octanol–water partition coefficient (Wildman–Crippen LogP) is 3.41. The van der Waals surface area contributed by atoms with E-state index in [0.29, 0.717) is 11.4 Å². The van der Waals surface area contributed by atoms with E-state index in [9.17, 15) is 9.59 Å². The number of hydrogen-bond acceptors (Lipinski definition) is 3. The molecule has 2 rings (SSSR count). The second kappa shape index (κ2) is 7.45. The molecule has 0 atom stereocenters. The molecular weight excluding hydrogens is 294 g/mol. The molecule has 2 aromatic rings. The molecule has 2 N–H and O–H groups in total. The summed E-state index contributed by atoms with van der Waals surface area (Å²) in [6.45, 7) is 4.06. The van der Waals surface area contributed by atoms with Gasteiger partial charge in [0.1, 0.15) is 5.75 Å². The van der Waals surface area contributed by atoms with E-state index in [0.717, 1.165) is 11.1 Å². The summed E-state index contributed by atoms with van der Waals surface area (Å²) in [5.41, 5.74) is 2.60. The zero-order valence-electron chi connectivity index (χ0n) is 13.1. The summed E-state index contributed by atoms with van der Waals surface area (Å²) >= 11 is 0. The van der Waals surface area contributed by atoms with Crippen molar-refractivity contribution in [3.8, 4) is 5.75 Å². The highest BCUT2D eigenvalue weighted by Crippen LogP contribution is 2.17. The van der Waals surface area contributed by atoms with Crippen molar-refractivity contribution in [2.75, 3.05) is 11.9 Å². The summed E-state index contributed by atoms with van der Waals surface area (Å²) in [6.07, 6.45) is 0.185. The predicted molar refractivity (Wildman–Crippen MR) is 88.1 cm³/mol. The van der Waals surface area contributed by atoms with Crippen LogP contribution in [0.4, 0.5) is 5.69 Å². The van der Waals surface area contributed by atoms with Crippen molar-refractivity contribution in [3.05, 3.63) is 59.2 Å². The van der Waals surface area contributed by atoms with Crippen molar-refractivity contribution in [2.24, 2.45) is 0 Å². The number of carboxylic acids is 1. The van der Waals surface area contributed by atoms with E-state index in [4.69, 9.17) is 9.84 Å². The fourth-order valence-electron chi connectivity index (χ4n) is 2.00. The molecule has 1 amide bonds. The van der Waals surface area contributed by atoms with E-state index in [2.05, 4.69) is 5.32 Å². The van der Waals surface area contributed by atoms with E-state index in [1.165, 1.54) is 12.1 Å². The number of nitrogens with one attached hydrogen (secondary N) is 1. The second-order valence-electron chi connectivity index (χ2n) is 5.29. The van der Waals surface area contributed by atoms with Crippen LogP contribution in [0.25, 0.3) is 0 Å². The lowest BCUT2D eigenvalue weighted by Gasteiger charge is -2.10. The Morgan fingerprint density at radius 3 is 2.43 bits per heavy atom. The van der Waals surface area contributed by atoms with E-state index in [1.54, 1.807) is 6.07 Å². The number of aromatic carboxylic acids is 1. The third kappa shape index (κ3) is 4.85. The molecule has 0 heterocycles. The topological polar surface area (TPSA) is 75.6 Å². The van der Waals surface area contributed by atoms with Crippen LogP contribution < -0.4 is 10.1 Å². The van der Waals surface area contributed by atoms with Gasteiger partial charge in [0.25, 0.3) is 0 Å². The van der Waals surface area contributed by atoms with Crippen LogP contribution in [0.5, 0.6) is 5.75 Å². The van der Waals surface area contributed by atoms with Crippen molar-refractivity contribution < 1.29 is 19.4 Å². The van der Waals surface area contributed by atoms with Crippen LogP contribution in [-0.2, 0) is 4.79 Å². The molecule has 23 heavy (non-hydrogen) atoms. The van der Waals surface area contributed by atoms with Crippen LogP contribution in [0.15, 0.2) is 42.5 Å². The Hall–Kier alpha value is -2.82. The summed E-state index contributed by atoms with van der Waals surface area (Å²) in [4.78, 5) is 22.9. The van der Waals surface area contributed by atoms with Gasteiger partial charge in [-0.25, -0.2) is 4.79 Å². The smallest absolute Gasteiger partial charge is 0.335 e. The molecule has 0 aromatic heterocycles. The van der Waals surface area contributed by atoms with Gasteiger partial charge in [-0.2, -0.15) is 0 Å². The number of carboxylic acid groups (broad SMARTS) is 1. The Morgan fingerprint density at radius 2 is 1.78 bits per heavy atom. The molecule has 0 unspecified atom stereocenters. The maximum atomic E-state index is 12.0. The number of hydrogen-bond donors (Lipinski definition) is 2. The Morgan fingerprint density at radius 1 is 1.09 bits per heavy atom. The zero-order chi connectivity index (χ0) is 16.8. The first-order chi connectivity index (χ1) is 11.0. The number of carbonyl (C=O) groups is 2. The number of benzene rings is 2. The molecule has 0 radical (unpaired) electrons. The van der Waals surface area contributed by atoms with Crippen LogP contribution >= 0.6 is 0 Å². The highest BCUT2D eigenvalue weighted by molar-refractivity contribution is 5.94. The quantitative estimate of drug-likeness (QED) is 0.857. The summed E-state index contributed by atoms with van der Waals surface area (Å²) < 4.78 is 5.51. The number of anilines is 1. The number of aryl methyl sites for hydroxylation is 2. The molecule has 5 heteroatoms. The van der Waals surface area contributed by atoms with Gasteiger partial charge in [0.2, 0.25) is 5.91 Å². The minimum absolute atomic E-state index is 0.141. The summed E-state index contributed by atoms with van der Waals surface area (Å²) in [5, 5.41) is 11.7. The van der Waals surface area contributed by atoms with Gasteiger partial charge in [-0.15, -0.1) is 0 Å². The fourth-order valence-corrected chi connectivity index (χ4v) is 2.00. The fraction of sp³-hybridized carbons (Fsp3) is 0.222. The average Bonchev–Trinajstić information content (AvgIpc) is 2.51. The summed E-state index contributed by atoms with van der Waals surface area (Å²) in [6, 6.07) is 12.2. The lowest BCUT2D eigenvalue weighted by molar-refractivity contribution is -0.116. The van der Waals surface area contributed by atoms with Crippen LogP contribution in [0, 0.1) is 13.8 Å². The SMILES string of the molecule is Cc1ccc(OCCC(=O)Nc2cc(C(=O)O)ccc2C)cc1. The molecule has 120 valence electrons. The Balaban J connectivity index is 1.88. The van der Waals surface area contributed by atoms with Gasteiger partial charge >= 0.3 is 5.97 Å². The van der Waals surface area contributed by atoms with Crippen molar-refractivity contribution in [1.29, 1.82) is 0 Å². The van der Waals surface area contributed by atoms with Crippen molar-refractivity contribution in [3.63, 3.8) is 0 Å². The normalized spacial score (nSPS) is 10.2. The first-order valence-electron chi connectivity index (χ1n) is 7.29. The lowest BCUT2D eigenvalue weighted by atomic mass is 10.1. The molecule has 0 saturated carbocycles. The molecule has 0 spiro atoms. The number of carbonyl (C=O) groups excluding carboxylic acids is 1. The van der Waals surface area contributed by atoms with Gasteiger partial charge in [0, 0.05) is 5.69 Å². The standard InChI is InChI=1S/C18H19NO4/c1-12-3-7-15(8-4-12)23-10-9-17(20)19-16-11-14(18(21)22)6-5-13(16)2/h3-8,11H,9-10H2,1-2H3,(H,19,20)(H,21,22). The molecule has 0 aliphatic rings. The Kier molecular flexibility index (Phi) is 5.36. The van der Waals surface area contributed by atoms with Crippen LogP contribution in [0.1, 0.15) is 27.9 Å². The van der Waals surface area contributed by atoms with Gasteiger partial charge in [-0.1, -0.05) is 23.8 Å². The van der Waals surface area contributed by atoms with E-state index in [-0.39, 0.29) is 24.5 Å². The lowest BCUT2D eigenvalue weighted by Crippen LogP contribution is -2.16. The maximum Gasteiger partial charge on any atom is 0.335 e. The maximum absolute atomic E-state index is 12.0. The summed E-state index contributed by atoms with van der Waals surface area (Å²) in [7, 11) is 0. The number of amides is 1. The average molecular weight is 313 g/mol. The third-order valence-electron chi connectivity index (χ3n) is 3.38. The van der Waals surface area contributed by atoms with Gasteiger partial charge in [-0.3, -0.25) is 4.79 Å². The van der Waals surface area contributed by atoms with E-state index >= 15 is 0 Å². The van der Waals surface area contributed by atoms with Crippen molar-refractivity contribution >= 4 is 17.6 Å². The first kappa shape index (κ1) is 16.5. The molecule has 0 saturated heterocycles. The van der Waals surface area contributed by atoms with Crippen LogP contribution in [-0.4, -0.2) is 23.6 Å². The van der Waals surface area contributed by atoms with Gasteiger partial charge in [-0.05, 0) is 43.7 Å². The van der Waals surface area contributed by atoms with Gasteiger partial charge in [0.15, 0.2) is 0 Å². The molecule has 5 nitrogen and oxygen atoms in total. The van der Waals surface area contributed by atoms with Crippen LogP contribution in [0.3, 0.4) is 0 Å². The minimum atomic E-state index is -1.02. The molecule has 0 aliphatic heterocycles. The zero-order valence-corrected chi connectivity index (χ0v) is 13.1. The highest BCUT2D eigenvalue weighted by Gasteiger charge is 2.09. The van der Waals surface area contributed by atoms with Gasteiger partial charge < -0.3 is 15.2 Å². The largest absolute Gasteiger partial charge is 0.493 e.